The van der Waals surface area contributed by atoms with Gasteiger partial charge in [-0.2, -0.15) is 0 Å². The van der Waals surface area contributed by atoms with Crippen LogP contribution in [0, 0.1) is 23.7 Å². The summed E-state index contributed by atoms with van der Waals surface area (Å²) >= 11 is 0. The lowest BCUT2D eigenvalue weighted by Crippen LogP contribution is -2.10. The maximum Gasteiger partial charge on any atom is 0.224 e. The van der Waals surface area contributed by atoms with Gasteiger partial charge in [-0.3, -0.25) is 9.59 Å². The van der Waals surface area contributed by atoms with Gasteiger partial charge in [0.05, 0.1) is 0 Å². The van der Waals surface area contributed by atoms with Gasteiger partial charge < -0.3 is 10.6 Å². The number of amides is 2. The van der Waals surface area contributed by atoms with Crippen molar-refractivity contribution in [3.05, 3.63) is 59.7 Å². The van der Waals surface area contributed by atoms with Crippen LogP contribution in [0.15, 0.2) is 48.5 Å². The van der Waals surface area contributed by atoms with Crippen LogP contribution in [0.2, 0.25) is 0 Å². The molecule has 0 heterocycles. The van der Waals surface area contributed by atoms with Crippen molar-refractivity contribution in [2.24, 2.45) is 0 Å². The zero-order valence-electron chi connectivity index (χ0n) is 17.7. The Morgan fingerprint density at radius 2 is 1.17 bits per heavy atom. The minimum absolute atomic E-state index is 0.0171. The fourth-order valence-corrected chi connectivity index (χ4v) is 2.68. The monoisotopic (exact) mass is 400 g/mol. The van der Waals surface area contributed by atoms with Crippen molar-refractivity contribution < 1.29 is 9.59 Å². The molecule has 0 aliphatic heterocycles. The Labute approximate surface area is 179 Å². The van der Waals surface area contributed by atoms with Crippen LogP contribution in [0.3, 0.4) is 0 Å². The number of benzene rings is 2. The molecule has 0 aromatic heterocycles. The first-order chi connectivity index (χ1) is 14.6. The average Bonchev–Trinajstić information content (AvgIpc) is 2.74. The number of carbonyl (C=O) groups excluding carboxylic acids is 2. The van der Waals surface area contributed by atoms with E-state index in [0.29, 0.717) is 12.8 Å². The third kappa shape index (κ3) is 8.67. The molecule has 0 spiro atoms. The van der Waals surface area contributed by atoms with E-state index in [1.807, 2.05) is 48.5 Å². The molecular formula is C26H28N2O2. The Morgan fingerprint density at radius 3 is 1.57 bits per heavy atom. The molecule has 2 aromatic rings. The smallest absolute Gasteiger partial charge is 0.224 e. The van der Waals surface area contributed by atoms with E-state index >= 15 is 0 Å². The van der Waals surface area contributed by atoms with Gasteiger partial charge in [0, 0.05) is 35.3 Å². The Bertz CT molecular complexity index is 906. The summed E-state index contributed by atoms with van der Waals surface area (Å²) < 4.78 is 0. The molecule has 2 aromatic carbocycles. The van der Waals surface area contributed by atoms with Crippen LogP contribution < -0.4 is 10.6 Å². The first kappa shape index (κ1) is 22.8. The van der Waals surface area contributed by atoms with Crippen LogP contribution in [0.25, 0.3) is 0 Å². The molecule has 0 saturated carbocycles. The SMILES string of the molecule is CCCCC(=O)Nc1cccc(C#CC#Cc2cccc(NC(=O)CCCC)c2)c1. The standard InChI is InChI=1S/C26H28N2O2/c1-3-5-17-25(29)27-23-15-9-13-21(19-23)11-7-8-12-22-14-10-16-24(20-22)28-26(30)18-6-4-2/h9-10,13-16,19-20H,3-6,17-18H2,1-2H3,(H,27,29)(H,28,30). The van der Waals surface area contributed by atoms with Crippen LogP contribution in [0.4, 0.5) is 11.4 Å². The second-order valence-corrected chi connectivity index (χ2v) is 6.97. The van der Waals surface area contributed by atoms with Crippen LogP contribution in [0.5, 0.6) is 0 Å². The van der Waals surface area contributed by atoms with Gasteiger partial charge in [-0.25, -0.2) is 0 Å². The highest BCUT2D eigenvalue weighted by atomic mass is 16.2. The quantitative estimate of drug-likeness (QED) is 0.587. The predicted molar refractivity (Wildman–Crippen MR) is 123 cm³/mol. The van der Waals surface area contributed by atoms with E-state index in [4.69, 9.17) is 0 Å². The van der Waals surface area contributed by atoms with Crippen LogP contribution in [-0.4, -0.2) is 11.8 Å². The lowest BCUT2D eigenvalue weighted by atomic mass is 10.2. The zero-order chi connectivity index (χ0) is 21.6. The number of hydrogen-bond acceptors (Lipinski definition) is 2. The largest absolute Gasteiger partial charge is 0.326 e. The van der Waals surface area contributed by atoms with Crippen molar-refractivity contribution in [1.29, 1.82) is 0 Å². The maximum atomic E-state index is 11.9. The van der Waals surface area contributed by atoms with Gasteiger partial charge >= 0.3 is 0 Å². The number of unbranched alkanes of at least 4 members (excludes halogenated alkanes) is 2. The molecule has 4 nitrogen and oxygen atoms in total. The Kier molecular flexibility index (Phi) is 9.77. The summed E-state index contributed by atoms with van der Waals surface area (Å²) in [6.07, 6.45) is 4.79. The van der Waals surface area contributed by atoms with Crippen molar-refractivity contribution in [3.8, 4) is 23.7 Å². The maximum absolute atomic E-state index is 11.9. The first-order valence-electron chi connectivity index (χ1n) is 10.4. The molecule has 30 heavy (non-hydrogen) atoms. The minimum Gasteiger partial charge on any atom is -0.326 e. The molecule has 0 saturated heterocycles. The molecule has 2 N–H and O–H groups in total. The second kappa shape index (κ2) is 12.9. The summed E-state index contributed by atoms with van der Waals surface area (Å²) in [7, 11) is 0. The molecule has 0 aliphatic rings. The van der Waals surface area contributed by atoms with E-state index in [1.54, 1.807) is 0 Å². The summed E-state index contributed by atoms with van der Waals surface area (Å²) in [5.74, 6) is 11.7. The zero-order valence-corrected chi connectivity index (χ0v) is 17.7. The first-order valence-corrected chi connectivity index (χ1v) is 10.4. The fraction of sp³-hybridized carbons (Fsp3) is 0.308. The van der Waals surface area contributed by atoms with Gasteiger partial charge in [-0.05, 0) is 61.1 Å². The van der Waals surface area contributed by atoms with Crippen LogP contribution >= 0.6 is 0 Å². The lowest BCUT2D eigenvalue weighted by molar-refractivity contribution is -0.117. The average molecular weight is 401 g/mol. The molecule has 4 heteroatoms. The minimum atomic E-state index is 0.0171. The summed E-state index contributed by atoms with van der Waals surface area (Å²) in [5.41, 5.74) is 3.05. The van der Waals surface area contributed by atoms with Gasteiger partial charge in [-0.15, -0.1) is 0 Å². The van der Waals surface area contributed by atoms with E-state index < -0.39 is 0 Å². The summed E-state index contributed by atoms with van der Waals surface area (Å²) in [6.45, 7) is 4.12. The number of carbonyl (C=O) groups is 2. The van der Waals surface area contributed by atoms with Gasteiger partial charge in [0.25, 0.3) is 0 Å². The van der Waals surface area contributed by atoms with E-state index in [-0.39, 0.29) is 11.8 Å². The predicted octanol–water partition coefficient (Wildman–Crippen LogP) is 5.35. The van der Waals surface area contributed by atoms with Gasteiger partial charge in [-0.1, -0.05) is 50.7 Å². The van der Waals surface area contributed by atoms with E-state index in [1.165, 1.54) is 0 Å². The topological polar surface area (TPSA) is 58.2 Å². The van der Waals surface area contributed by atoms with Crippen molar-refractivity contribution >= 4 is 23.2 Å². The van der Waals surface area contributed by atoms with Crippen molar-refractivity contribution in [2.75, 3.05) is 10.6 Å². The molecule has 0 bridgehead atoms. The molecule has 0 radical (unpaired) electrons. The summed E-state index contributed by atoms with van der Waals surface area (Å²) in [4.78, 5) is 23.7. The van der Waals surface area contributed by atoms with E-state index in [2.05, 4.69) is 48.2 Å². The van der Waals surface area contributed by atoms with E-state index in [0.717, 1.165) is 48.2 Å². The Balaban J connectivity index is 1.98. The van der Waals surface area contributed by atoms with E-state index in [9.17, 15) is 9.59 Å². The van der Waals surface area contributed by atoms with Gasteiger partial charge in [0.2, 0.25) is 11.8 Å². The highest BCUT2D eigenvalue weighted by molar-refractivity contribution is 5.91. The number of anilines is 2. The van der Waals surface area contributed by atoms with Crippen LogP contribution in [0.1, 0.15) is 63.5 Å². The van der Waals surface area contributed by atoms with Crippen LogP contribution in [-0.2, 0) is 9.59 Å². The third-order valence-corrected chi connectivity index (χ3v) is 4.28. The number of rotatable bonds is 8. The highest BCUT2D eigenvalue weighted by Crippen LogP contribution is 2.12. The molecule has 154 valence electrons. The Hall–Kier alpha value is -3.50. The fourth-order valence-electron chi connectivity index (χ4n) is 2.68. The van der Waals surface area contributed by atoms with Crippen molar-refractivity contribution in [1.82, 2.24) is 0 Å². The molecule has 2 rings (SSSR count). The number of hydrogen-bond donors (Lipinski definition) is 2. The Morgan fingerprint density at radius 1 is 0.733 bits per heavy atom. The third-order valence-electron chi connectivity index (χ3n) is 4.28. The van der Waals surface area contributed by atoms with Crippen molar-refractivity contribution in [2.45, 2.75) is 52.4 Å². The second-order valence-electron chi connectivity index (χ2n) is 6.97. The molecule has 0 atom stereocenters. The van der Waals surface area contributed by atoms with Gasteiger partial charge in [0.15, 0.2) is 0 Å². The molecular weight excluding hydrogens is 372 g/mol. The molecule has 0 fully saturated rings. The van der Waals surface area contributed by atoms with Crippen molar-refractivity contribution in [3.63, 3.8) is 0 Å². The summed E-state index contributed by atoms with van der Waals surface area (Å²) in [5, 5.41) is 5.78. The number of nitrogens with one attached hydrogen (secondary N) is 2. The molecule has 0 aliphatic carbocycles. The lowest BCUT2D eigenvalue weighted by Gasteiger charge is -2.04. The highest BCUT2D eigenvalue weighted by Gasteiger charge is 2.02. The normalized spacial score (nSPS) is 9.53. The molecule has 2 amide bonds. The summed E-state index contributed by atoms with van der Waals surface area (Å²) in [6, 6.07) is 14.8. The van der Waals surface area contributed by atoms with Gasteiger partial charge in [0.1, 0.15) is 0 Å². The molecule has 0 unspecified atom stereocenters.